The van der Waals surface area contributed by atoms with Crippen LogP contribution in [0, 0.1) is 34.4 Å². The average Bonchev–Trinajstić information content (AvgIpc) is 3.20. The molecule has 7 heteroatoms. The van der Waals surface area contributed by atoms with E-state index in [4.69, 9.17) is 32.7 Å². The third-order valence-electron chi connectivity index (χ3n) is 5.05. The molecule has 0 radical (unpaired) electrons. The van der Waals surface area contributed by atoms with Crippen LogP contribution in [0.2, 0.25) is 0 Å². The molecule has 150 valence electrons. The van der Waals surface area contributed by atoms with Gasteiger partial charge in [0.25, 0.3) is 0 Å². The first-order chi connectivity index (χ1) is 13.7. The van der Waals surface area contributed by atoms with Crippen LogP contribution in [0.3, 0.4) is 0 Å². The molecule has 4 nitrogen and oxygen atoms in total. The Hall–Kier alpha value is -2.55. The second-order valence-electron chi connectivity index (χ2n) is 7.32. The Kier molecular flexibility index (Phi) is 6.16. The molecule has 0 N–H and O–H groups in total. The van der Waals surface area contributed by atoms with Gasteiger partial charge in [0.15, 0.2) is 0 Å². The van der Waals surface area contributed by atoms with Gasteiger partial charge in [-0.05, 0) is 41.7 Å². The topological polar surface area (TPSA) is 59.3 Å². The Morgan fingerprint density at radius 1 is 1.24 bits per heavy atom. The van der Waals surface area contributed by atoms with Crippen molar-refractivity contribution in [2.45, 2.75) is 20.0 Å². The van der Waals surface area contributed by atoms with Crippen molar-refractivity contribution in [3.05, 3.63) is 70.5 Å². The van der Waals surface area contributed by atoms with Crippen LogP contribution >= 0.6 is 23.2 Å². The number of nitriles is 1. The maximum Gasteiger partial charge on any atom is 0.311 e. The zero-order chi connectivity index (χ0) is 21.2. The van der Waals surface area contributed by atoms with Gasteiger partial charge in [0.1, 0.15) is 27.9 Å². The SMILES string of the molecule is CC1(C)[C@H](C(=O)O[C@H](C#N)c2ccc(F)cc2Oc2ccccc2)[C@@H]1C=C(Cl)Cl. The highest BCUT2D eigenvalue weighted by Crippen LogP contribution is 2.60. The minimum Gasteiger partial charge on any atom is -0.457 e. The summed E-state index contributed by atoms with van der Waals surface area (Å²) in [5.41, 5.74) is -0.134. The van der Waals surface area contributed by atoms with Gasteiger partial charge in [-0.15, -0.1) is 0 Å². The molecule has 3 atom stereocenters. The molecule has 1 aliphatic rings. The van der Waals surface area contributed by atoms with Crippen molar-refractivity contribution < 1.29 is 18.7 Å². The van der Waals surface area contributed by atoms with Crippen LogP contribution in [0.5, 0.6) is 11.5 Å². The van der Waals surface area contributed by atoms with E-state index in [1.54, 1.807) is 30.3 Å². The normalized spacial score (nSPS) is 20.1. The van der Waals surface area contributed by atoms with Crippen molar-refractivity contribution in [3.63, 3.8) is 0 Å². The van der Waals surface area contributed by atoms with E-state index in [0.29, 0.717) is 5.75 Å². The maximum atomic E-state index is 13.8. The molecule has 1 fully saturated rings. The van der Waals surface area contributed by atoms with Crippen molar-refractivity contribution in [1.29, 1.82) is 5.26 Å². The number of hydrogen-bond donors (Lipinski definition) is 0. The zero-order valence-electron chi connectivity index (χ0n) is 15.7. The third kappa shape index (κ3) is 4.72. The van der Waals surface area contributed by atoms with Gasteiger partial charge in [0, 0.05) is 11.6 Å². The van der Waals surface area contributed by atoms with Gasteiger partial charge in [-0.3, -0.25) is 4.79 Å². The number of hydrogen-bond acceptors (Lipinski definition) is 4. The lowest BCUT2D eigenvalue weighted by molar-refractivity contribution is -0.149. The number of ether oxygens (including phenoxy) is 2. The molecule has 0 spiro atoms. The predicted molar refractivity (Wildman–Crippen MR) is 108 cm³/mol. The van der Waals surface area contributed by atoms with E-state index in [1.807, 2.05) is 26.0 Å². The molecule has 0 amide bonds. The van der Waals surface area contributed by atoms with Gasteiger partial charge >= 0.3 is 5.97 Å². The average molecular weight is 434 g/mol. The fraction of sp³-hybridized carbons (Fsp3) is 0.273. The van der Waals surface area contributed by atoms with E-state index in [-0.39, 0.29) is 21.7 Å². The molecule has 0 unspecified atom stereocenters. The molecule has 1 saturated carbocycles. The second kappa shape index (κ2) is 8.44. The van der Waals surface area contributed by atoms with E-state index in [0.717, 1.165) is 6.07 Å². The molecule has 2 aromatic rings. The van der Waals surface area contributed by atoms with E-state index < -0.39 is 29.2 Å². The number of carbonyl (C=O) groups excluding carboxylic acids is 1. The summed E-state index contributed by atoms with van der Waals surface area (Å²) < 4.78 is 25.0. The molecular weight excluding hydrogens is 416 g/mol. The fourth-order valence-corrected chi connectivity index (χ4v) is 3.62. The molecule has 0 aromatic heterocycles. The largest absolute Gasteiger partial charge is 0.457 e. The van der Waals surface area contributed by atoms with Crippen LogP contribution < -0.4 is 4.74 Å². The zero-order valence-corrected chi connectivity index (χ0v) is 17.2. The molecule has 0 aliphatic heterocycles. The Labute approximate surface area is 178 Å². The van der Waals surface area contributed by atoms with Gasteiger partial charge in [-0.2, -0.15) is 5.26 Å². The summed E-state index contributed by atoms with van der Waals surface area (Å²) >= 11 is 11.4. The van der Waals surface area contributed by atoms with Crippen LogP contribution in [-0.2, 0) is 9.53 Å². The van der Waals surface area contributed by atoms with Crippen LogP contribution in [0.15, 0.2) is 59.1 Å². The number of nitrogens with zero attached hydrogens (tertiary/aromatic N) is 1. The minimum atomic E-state index is -1.26. The van der Waals surface area contributed by atoms with Crippen molar-refractivity contribution >= 4 is 29.2 Å². The highest BCUT2D eigenvalue weighted by Gasteiger charge is 2.62. The molecule has 0 heterocycles. The lowest BCUT2D eigenvalue weighted by Gasteiger charge is -2.16. The third-order valence-corrected chi connectivity index (χ3v) is 5.30. The van der Waals surface area contributed by atoms with Crippen molar-refractivity contribution in [1.82, 2.24) is 0 Å². The Balaban J connectivity index is 1.83. The van der Waals surface area contributed by atoms with E-state index in [9.17, 15) is 14.4 Å². The van der Waals surface area contributed by atoms with Crippen LogP contribution in [0.1, 0.15) is 25.5 Å². The summed E-state index contributed by atoms with van der Waals surface area (Å²) in [4.78, 5) is 12.7. The van der Waals surface area contributed by atoms with Crippen molar-refractivity contribution in [2.24, 2.45) is 17.3 Å². The Bertz CT molecular complexity index is 981. The number of benzene rings is 2. The molecule has 29 heavy (non-hydrogen) atoms. The van der Waals surface area contributed by atoms with E-state index in [1.165, 1.54) is 12.1 Å². The first-order valence-corrected chi connectivity index (χ1v) is 9.65. The molecule has 0 bridgehead atoms. The second-order valence-corrected chi connectivity index (χ2v) is 8.33. The number of halogens is 3. The summed E-state index contributed by atoms with van der Waals surface area (Å²) in [6.45, 7) is 3.78. The summed E-state index contributed by atoms with van der Waals surface area (Å²) in [6, 6.07) is 14.4. The van der Waals surface area contributed by atoms with Crippen molar-refractivity contribution in [3.8, 4) is 17.6 Å². The number of allylic oxidation sites excluding steroid dienone is 1. The Morgan fingerprint density at radius 2 is 1.93 bits per heavy atom. The maximum absolute atomic E-state index is 13.8. The molecule has 2 aromatic carbocycles. The molecule has 1 aliphatic carbocycles. The summed E-state index contributed by atoms with van der Waals surface area (Å²) in [7, 11) is 0. The predicted octanol–water partition coefficient (Wildman–Crippen LogP) is 6.32. The number of para-hydroxylation sites is 1. The lowest BCUT2D eigenvalue weighted by atomic mass is 10.1. The summed E-state index contributed by atoms with van der Waals surface area (Å²) in [5.74, 6) is -1.18. The number of esters is 1. The fourth-order valence-electron chi connectivity index (χ4n) is 3.35. The monoisotopic (exact) mass is 433 g/mol. The first kappa shape index (κ1) is 21.2. The van der Waals surface area contributed by atoms with Crippen LogP contribution in [0.4, 0.5) is 4.39 Å². The van der Waals surface area contributed by atoms with Gasteiger partial charge in [0.05, 0.1) is 5.92 Å². The quantitative estimate of drug-likeness (QED) is 0.500. The smallest absolute Gasteiger partial charge is 0.311 e. The molecule has 3 rings (SSSR count). The number of rotatable bonds is 6. The highest BCUT2D eigenvalue weighted by atomic mass is 35.5. The van der Waals surface area contributed by atoms with E-state index >= 15 is 0 Å². The minimum absolute atomic E-state index is 0.0762. The van der Waals surface area contributed by atoms with Gasteiger partial charge in [-0.1, -0.05) is 55.2 Å². The van der Waals surface area contributed by atoms with Gasteiger partial charge in [0.2, 0.25) is 6.10 Å². The van der Waals surface area contributed by atoms with Gasteiger partial charge < -0.3 is 9.47 Å². The van der Waals surface area contributed by atoms with Gasteiger partial charge in [-0.25, -0.2) is 4.39 Å². The molecule has 0 saturated heterocycles. The summed E-state index contributed by atoms with van der Waals surface area (Å²) in [6.07, 6.45) is 0.340. The van der Waals surface area contributed by atoms with Crippen molar-refractivity contribution in [2.75, 3.05) is 0 Å². The summed E-state index contributed by atoms with van der Waals surface area (Å²) in [5, 5.41) is 9.60. The van der Waals surface area contributed by atoms with Crippen LogP contribution in [0.25, 0.3) is 0 Å². The number of carbonyl (C=O) groups is 1. The van der Waals surface area contributed by atoms with E-state index in [2.05, 4.69) is 0 Å². The highest BCUT2D eigenvalue weighted by molar-refractivity contribution is 6.55. The first-order valence-electron chi connectivity index (χ1n) is 8.89. The van der Waals surface area contributed by atoms with Crippen LogP contribution in [-0.4, -0.2) is 5.97 Å². The lowest BCUT2D eigenvalue weighted by Crippen LogP contribution is -2.15. The Morgan fingerprint density at radius 3 is 2.55 bits per heavy atom. The molecular formula is C22H18Cl2FNO3. The standard InChI is InChI=1S/C22H18Cl2FNO3/c1-22(2)16(11-19(23)24)20(22)21(27)29-18(12-26)15-9-8-13(25)10-17(15)28-14-6-4-3-5-7-14/h3-11,16,18,20H,1-2H3/t16-,18+,20-/m0/s1.